The summed E-state index contributed by atoms with van der Waals surface area (Å²) in [7, 11) is 0. The van der Waals surface area contributed by atoms with E-state index in [0.29, 0.717) is 0 Å². The highest BCUT2D eigenvalue weighted by molar-refractivity contribution is 5.75. The summed E-state index contributed by atoms with van der Waals surface area (Å²) in [4.78, 5) is 0. The number of nitrogens with two attached hydrogens (primary N) is 1. The number of nitrogen functional groups attached to an aromatic ring is 1. The van der Waals surface area contributed by atoms with Crippen LogP contribution in [0.25, 0.3) is 11.1 Å². The molecule has 0 saturated carbocycles. The summed E-state index contributed by atoms with van der Waals surface area (Å²) < 4.78 is 2.01. The molecule has 0 aliphatic rings. The fraction of sp³-hybridized carbons (Fsp3) is 0.400. The van der Waals surface area contributed by atoms with Crippen LogP contribution >= 0.6 is 0 Å². The lowest BCUT2D eigenvalue weighted by Crippen LogP contribution is -1.97. The van der Waals surface area contributed by atoms with Crippen molar-refractivity contribution in [3.8, 4) is 11.1 Å². The molecule has 2 N–H and O–H groups in total. The van der Waals surface area contributed by atoms with Crippen molar-refractivity contribution < 1.29 is 0 Å². The predicted molar refractivity (Wildman–Crippen MR) is 76.2 cm³/mol. The molecule has 0 aliphatic heterocycles. The Kier molecular flexibility index (Phi) is 4.40. The van der Waals surface area contributed by atoms with E-state index in [1.165, 1.54) is 25.7 Å². The van der Waals surface area contributed by atoms with Crippen LogP contribution in [0.15, 0.2) is 36.7 Å². The van der Waals surface area contributed by atoms with Crippen LogP contribution in [0, 0.1) is 0 Å². The lowest BCUT2D eigenvalue weighted by Gasteiger charge is -2.02. The van der Waals surface area contributed by atoms with Crippen LogP contribution in [0.3, 0.4) is 0 Å². The molecule has 3 nitrogen and oxygen atoms in total. The second kappa shape index (κ2) is 6.24. The van der Waals surface area contributed by atoms with Gasteiger partial charge in [0.2, 0.25) is 0 Å². The number of benzene rings is 1. The first kappa shape index (κ1) is 12.7. The van der Waals surface area contributed by atoms with Crippen molar-refractivity contribution in [1.29, 1.82) is 0 Å². The van der Waals surface area contributed by atoms with Crippen LogP contribution in [-0.4, -0.2) is 9.78 Å². The van der Waals surface area contributed by atoms with Gasteiger partial charge in [-0.1, -0.05) is 44.4 Å². The van der Waals surface area contributed by atoms with Gasteiger partial charge in [-0.15, -0.1) is 0 Å². The van der Waals surface area contributed by atoms with E-state index in [1.807, 2.05) is 35.1 Å². The van der Waals surface area contributed by atoms with Gasteiger partial charge < -0.3 is 5.73 Å². The standard InChI is InChI=1S/C15H21N3/c1-2-3-4-7-10-18-12-13(11-17-18)14-8-5-6-9-15(14)16/h5-6,8-9,11-12H,2-4,7,10,16H2,1H3. The smallest absolute Gasteiger partial charge is 0.0569 e. The number of nitrogens with zero attached hydrogens (tertiary/aromatic N) is 2. The Hall–Kier alpha value is -1.77. The van der Waals surface area contributed by atoms with Crippen LogP contribution in [-0.2, 0) is 6.54 Å². The zero-order valence-corrected chi connectivity index (χ0v) is 11.0. The van der Waals surface area contributed by atoms with Crippen LogP contribution in [0.1, 0.15) is 32.6 Å². The molecule has 2 aromatic rings. The van der Waals surface area contributed by atoms with Crippen molar-refractivity contribution in [2.24, 2.45) is 0 Å². The van der Waals surface area contributed by atoms with Gasteiger partial charge in [0.25, 0.3) is 0 Å². The van der Waals surface area contributed by atoms with Crippen molar-refractivity contribution in [2.75, 3.05) is 5.73 Å². The molecule has 0 unspecified atom stereocenters. The Labute approximate surface area is 109 Å². The highest BCUT2D eigenvalue weighted by Crippen LogP contribution is 2.24. The van der Waals surface area contributed by atoms with Gasteiger partial charge in [-0.2, -0.15) is 5.10 Å². The Morgan fingerprint density at radius 3 is 2.78 bits per heavy atom. The molecule has 3 heteroatoms. The number of hydrogen-bond acceptors (Lipinski definition) is 2. The Morgan fingerprint density at radius 1 is 1.17 bits per heavy atom. The predicted octanol–water partition coefficient (Wildman–Crippen LogP) is 3.71. The van der Waals surface area contributed by atoms with E-state index in [9.17, 15) is 0 Å². The summed E-state index contributed by atoms with van der Waals surface area (Å²) >= 11 is 0. The second-order valence-corrected chi connectivity index (χ2v) is 4.64. The number of para-hydroxylation sites is 1. The topological polar surface area (TPSA) is 43.8 Å². The van der Waals surface area contributed by atoms with E-state index in [1.54, 1.807) is 0 Å². The molecule has 0 amide bonds. The van der Waals surface area contributed by atoms with Gasteiger partial charge in [0, 0.05) is 29.6 Å². The third kappa shape index (κ3) is 3.13. The average Bonchev–Trinajstić information content (AvgIpc) is 2.84. The van der Waals surface area contributed by atoms with Crippen molar-refractivity contribution in [3.63, 3.8) is 0 Å². The molecular formula is C15H21N3. The Bertz CT molecular complexity index is 488. The minimum atomic E-state index is 0.808. The van der Waals surface area contributed by atoms with Crippen LogP contribution in [0.5, 0.6) is 0 Å². The first-order valence-corrected chi connectivity index (χ1v) is 6.68. The van der Waals surface area contributed by atoms with Crippen molar-refractivity contribution >= 4 is 5.69 Å². The summed E-state index contributed by atoms with van der Waals surface area (Å²) in [5.41, 5.74) is 8.94. The zero-order valence-electron chi connectivity index (χ0n) is 11.0. The molecule has 0 aliphatic carbocycles. The van der Waals surface area contributed by atoms with Gasteiger partial charge in [-0.05, 0) is 12.5 Å². The number of anilines is 1. The monoisotopic (exact) mass is 243 g/mol. The molecular weight excluding hydrogens is 222 g/mol. The SMILES string of the molecule is CCCCCCn1cc(-c2ccccc2N)cn1. The summed E-state index contributed by atoms with van der Waals surface area (Å²) in [5.74, 6) is 0. The fourth-order valence-electron chi connectivity index (χ4n) is 2.09. The molecule has 0 bridgehead atoms. The molecule has 0 radical (unpaired) electrons. The third-order valence-corrected chi connectivity index (χ3v) is 3.15. The van der Waals surface area contributed by atoms with Gasteiger partial charge in [-0.25, -0.2) is 0 Å². The summed E-state index contributed by atoms with van der Waals surface area (Å²) in [5, 5.41) is 4.39. The summed E-state index contributed by atoms with van der Waals surface area (Å²) in [6.45, 7) is 3.22. The quantitative estimate of drug-likeness (QED) is 0.621. The molecule has 1 heterocycles. The van der Waals surface area contributed by atoms with E-state index in [2.05, 4.69) is 18.2 Å². The van der Waals surface area contributed by atoms with E-state index in [-0.39, 0.29) is 0 Å². The maximum absolute atomic E-state index is 5.96. The molecule has 96 valence electrons. The van der Waals surface area contributed by atoms with E-state index in [0.717, 1.165) is 23.4 Å². The van der Waals surface area contributed by atoms with Crippen molar-refractivity contribution in [1.82, 2.24) is 9.78 Å². The zero-order chi connectivity index (χ0) is 12.8. The fourth-order valence-corrected chi connectivity index (χ4v) is 2.09. The molecule has 18 heavy (non-hydrogen) atoms. The minimum Gasteiger partial charge on any atom is -0.398 e. The lowest BCUT2D eigenvalue weighted by molar-refractivity contribution is 0.541. The third-order valence-electron chi connectivity index (χ3n) is 3.15. The van der Waals surface area contributed by atoms with Crippen molar-refractivity contribution in [2.45, 2.75) is 39.2 Å². The number of unbranched alkanes of at least 4 members (excludes halogenated alkanes) is 3. The number of aryl methyl sites for hydroxylation is 1. The molecule has 1 aromatic carbocycles. The normalized spacial score (nSPS) is 10.7. The molecule has 0 fully saturated rings. The molecule has 0 atom stereocenters. The molecule has 0 spiro atoms. The van der Waals surface area contributed by atoms with Gasteiger partial charge in [0.05, 0.1) is 6.20 Å². The Balaban J connectivity index is 2.00. The maximum Gasteiger partial charge on any atom is 0.0569 e. The maximum atomic E-state index is 5.96. The average molecular weight is 243 g/mol. The van der Waals surface area contributed by atoms with Gasteiger partial charge in [0.1, 0.15) is 0 Å². The number of rotatable bonds is 6. The van der Waals surface area contributed by atoms with Gasteiger partial charge in [0.15, 0.2) is 0 Å². The van der Waals surface area contributed by atoms with E-state index in [4.69, 9.17) is 5.73 Å². The van der Waals surface area contributed by atoms with E-state index >= 15 is 0 Å². The van der Waals surface area contributed by atoms with Gasteiger partial charge >= 0.3 is 0 Å². The first-order valence-electron chi connectivity index (χ1n) is 6.68. The highest BCUT2D eigenvalue weighted by Gasteiger charge is 2.04. The lowest BCUT2D eigenvalue weighted by atomic mass is 10.1. The highest BCUT2D eigenvalue weighted by atomic mass is 15.3. The summed E-state index contributed by atoms with van der Waals surface area (Å²) in [6.07, 6.45) is 9.02. The van der Waals surface area contributed by atoms with E-state index < -0.39 is 0 Å². The summed E-state index contributed by atoms with van der Waals surface area (Å²) in [6, 6.07) is 7.92. The molecule has 1 aromatic heterocycles. The molecule has 0 saturated heterocycles. The van der Waals surface area contributed by atoms with Crippen LogP contribution < -0.4 is 5.73 Å². The van der Waals surface area contributed by atoms with Gasteiger partial charge in [-0.3, -0.25) is 4.68 Å². The minimum absolute atomic E-state index is 0.808. The first-order chi connectivity index (χ1) is 8.81. The molecule has 2 rings (SSSR count). The van der Waals surface area contributed by atoms with Crippen molar-refractivity contribution in [3.05, 3.63) is 36.7 Å². The second-order valence-electron chi connectivity index (χ2n) is 4.64. The van der Waals surface area contributed by atoms with Crippen LogP contribution in [0.2, 0.25) is 0 Å². The Morgan fingerprint density at radius 2 is 2.00 bits per heavy atom. The number of hydrogen-bond donors (Lipinski definition) is 1. The largest absolute Gasteiger partial charge is 0.398 e. The number of aromatic nitrogens is 2. The van der Waals surface area contributed by atoms with Crippen LogP contribution in [0.4, 0.5) is 5.69 Å².